The van der Waals surface area contributed by atoms with E-state index >= 15 is 0 Å². The fourth-order valence-electron chi connectivity index (χ4n) is 0.711. The number of carboxylic acid groups (broad SMARTS) is 1. The number of carboxylic acids is 1. The third-order valence-corrected chi connectivity index (χ3v) is 1.68. The van der Waals surface area contributed by atoms with E-state index in [0.29, 0.717) is 0 Å². The van der Waals surface area contributed by atoms with Crippen molar-refractivity contribution in [2.24, 2.45) is 0 Å². The highest BCUT2D eigenvalue weighted by Crippen LogP contribution is 2.11. The molecule has 2 N–H and O–H groups in total. The van der Waals surface area contributed by atoms with Gasteiger partial charge in [-0.05, 0) is 18.2 Å². The molecule has 0 amide bonds. The number of rotatable bonds is 2. The minimum absolute atomic E-state index is 0.273. The van der Waals surface area contributed by atoms with Crippen molar-refractivity contribution >= 4 is 27.8 Å². The number of carbonyl (C=O) groups is 1. The molecule has 1 aromatic rings. The van der Waals surface area contributed by atoms with Gasteiger partial charge < -0.3 is 9.45 Å². The lowest BCUT2D eigenvalue weighted by Gasteiger charge is -1.97. The van der Waals surface area contributed by atoms with Crippen LogP contribution in [0.2, 0.25) is 0 Å². The van der Waals surface area contributed by atoms with E-state index in [-0.39, 0.29) is 5.56 Å². The molecule has 0 aromatic heterocycles. The lowest BCUT2D eigenvalue weighted by atomic mass is 10.2. The molecule has 58 valence electrons. The van der Waals surface area contributed by atoms with Crippen molar-refractivity contribution in [1.82, 2.24) is 0 Å². The van der Waals surface area contributed by atoms with Gasteiger partial charge in [0.1, 0.15) is 0 Å². The van der Waals surface area contributed by atoms with Crippen molar-refractivity contribution in [3.05, 3.63) is 29.8 Å². The zero-order valence-electron chi connectivity index (χ0n) is 5.54. The van der Waals surface area contributed by atoms with Crippen LogP contribution in [0.4, 0.5) is 5.69 Å². The van der Waals surface area contributed by atoms with Crippen LogP contribution < -0.4 is 4.34 Å². The minimum Gasteiger partial charge on any atom is -0.478 e. The fraction of sp³-hybridized carbons (Fsp3) is 0. The van der Waals surface area contributed by atoms with Crippen molar-refractivity contribution in [1.29, 1.82) is 0 Å². The van der Waals surface area contributed by atoms with Gasteiger partial charge in [-0.2, -0.15) is 0 Å². The fourth-order valence-corrected chi connectivity index (χ4v) is 0.958. The van der Waals surface area contributed by atoms with E-state index in [1.807, 2.05) is 0 Å². The maximum atomic E-state index is 10.4. The van der Waals surface area contributed by atoms with Crippen LogP contribution in [0, 0.1) is 0 Å². The highest BCUT2D eigenvalue weighted by atomic mass is 79.9. The molecule has 0 saturated carbocycles. The van der Waals surface area contributed by atoms with Gasteiger partial charge in [-0.1, -0.05) is 6.07 Å². The molecule has 1 aromatic carbocycles. The minimum atomic E-state index is -0.922. The van der Waals surface area contributed by atoms with E-state index in [1.54, 1.807) is 12.1 Å². The Morgan fingerprint density at radius 2 is 2.27 bits per heavy atom. The van der Waals surface area contributed by atoms with Gasteiger partial charge in [0.05, 0.1) is 5.56 Å². The first kappa shape index (κ1) is 8.07. The summed E-state index contributed by atoms with van der Waals surface area (Å²) in [5.74, 6) is -0.922. The molecular formula is C7H6BrNO2. The van der Waals surface area contributed by atoms with E-state index < -0.39 is 5.97 Å². The van der Waals surface area contributed by atoms with Crippen LogP contribution in [-0.4, -0.2) is 11.1 Å². The summed E-state index contributed by atoms with van der Waals surface area (Å²) in [7, 11) is 0. The van der Waals surface area contributed by atoms with Crippen molar-refractivity contribution in [2.75, 3.05) is 4.34 Å². The van der Waals surface area contributed by atoms with Crippen molar-refractivity contribution < 1.29 is 9.90 Å². The van der Waals surface area contributed by atoms with Crippen LogP contribution in [0.5, 0.6) is 0 Å². The summed E-state index contributed by atoms with van der Waals surface area (Å²) < 4.78 is 2.67. The van der Waals surface area contributed by atoms with Gasteiger partial charge in [0, 0.05) is 21.8 Å². The molecule has 0 heterocycles. The van der Waals surface area contributed by atoms with Gasteiger partial charge in [0.15, 0.2) is 0 Å². The van der Waals surface area contributed by atoms with Crippen LogP contribution in [0.25, 0.3) is 0 Å². The summed E-state index contributed by atoms with van der Waals surface area (Å²) in [5, 5.41) is 8.56. The second kappa shape index (κ2) is 3.39. The van der Waals surface area contributed by atoms with Crippen LogP contribution in [0.15, 0.2) is 24.3 Å². The number of benzene rings is 1. The molecule has 11 heavy (non-hydrogen) atoms. The Morgan fingerprint density at radius 1 is 1.55 bits per heavy atom. The normalized spacial score (nSPS) is 9.18. The topological polar surface area (TPSA) is 49.3 Å². The Morgan fingerprint density at radius 3 is 2.82 bits per heavy atom. The summed E-state index contributed by atoms with van der Waals surface area (Å²) in [6.07, 6.45) is 0. The number of aromatic carboxylic acids is 1. The number of hydrogen-bond donors (Lipinski definition) is 2. The van der Waals surface area contributed by atoms with Crippen molar-refractivity contribution in [3.63, 3.8) is 0 Å². The monoisotopic (exact) mass is 215 g/mol. The van der Waals surface area contributed by atoms with Gasteiger partial charge in [0.25, 0.3) is 0 Å². The maximum Gasteiger partial charge on any atom is 0.335 e. The van der Waals surface area contributed by atoms with Gasteiger partial charge in [0.2, 0.25) is 0 Å². The van der Waals surface area contributed by atoms with E-state index in [4.69, 9.17) is 5.11 Å². The second-order valence-electron chi connectivity index (χ2n) is 1.98. The molecule has 0 aliphatic heterocycles. The standard InChI is InChI=1S/C7H6BrNO2/c8-9-6-3-1-2-5(4-6)7(10)11/h1-4,9H,(H,10,11). The van der Waals surface area contributed by atoms with Crippen LogP contribution in [0.1, 0.15) is 10.4 Å². The summed E-state index contributed by atoms with van der Waals surface area (Å²) in [6.45, 7) is 0. The molecule has 3 nitrogen and oxygen atoms in total. The van der Waals surface area contributed by atoms with E-state index in [9.17, 15) is 4.79 Å². The highest BCUT2D eigenvalue weighted by Gasteiger charge is 2.01. The molecule has 0 aliphatic rings. The molecule has 0 atom stereocenters. The number of nitrogens with one attached hydrogen (secondary N) is 1. The Kier molecular flexibility index (Phi) is 2.48. The zero-order valence-corrected chi connectivity index (χ0v) is 7.13. The first-order valence-electron chi connectivity index (χ1n) is 2.94. The third kappa shape index (κ3) is 1.94. The van der Waals surface area contributed by atoms with E-state index in [0.717, 1.165) is 5.69 Å². The van der Waals surface area contributed by atoms with Gasteiger partial charge >= 0.3 is 5.97 Å². The average molecular weight is 216 g/mol. The van der Waals surface area contributed by atoms with Gasteiger partial charge in [-0.15, -0.1) is 0 Å². The first-order valence-corrected chi connectivity index (χ1v) is 3.73. The zero-order chi connectivity index (χ0) is 8.27. The molecule has 0 fully saturated rings. The van der Waals surface area contributed by atoms with Crippen LogP contribution >= 0.6 is 16.1 Å². The second-order valence-corrected chi connectivity index (χ2v) is 2.38. The lowest BCUT2D eigenvalue weighted by molar-refractivity contribution is 0.0697. The van der Waals surface area contributed by atoms with Crippen LogP contribution in [-0.2, 0) is 0 Å². The number of anilines is 1. The molecule has 0 unspecified atom stereocenters. The SMILES string of the molecule is O=C(O)c1cccc(NBr)c1. The molecule has 0 bridgehead atoms. The molecule has 0 aliphatic carbocycles. The molecular weight excluding hydrogens is 210 g/mol. The number of hydrogen-bond acceptors (Lipinski definition) is 2. The predicted octanol–water partition coefficient (Wildman–Crippen LogP) is 2.11. The molecule has 0 radical (unpaired) electrons. The quantitative estimate of drug-likeness (QED) is 0.744. The molecule has 4 heteroatoms. The summed E-state index contributed by atoms with van der Waals surface area (Å²) >= 11 is 3.00. The lowest BCUT2D eigenvalue weighted by Crippen LogP contribution is -1.95. The van der Waals surface area contributed by atoms with E-state index in [2.05, 4.69) is 20.5 Å². The highest BCUT2D eigenvalue weighted by molar-refractivity contribution is 9.10. The maximum absolute atomic E-state index is 10.4. The number of halogens is 1. The Labute approximate surface area is 72.4 Å². The van der Waals surface area contributed by atoms with Gasteiger partial charge in [-0.25, -0.2) is 4.79 Å². The average Bonchev–Trinajstić information content (AvgIpc) is 2.05. The summed E-state index contributed by atoms with van der Waals surface area (Å²) in [6, 6.07) is 6.52. The largest absolute Gasteiger partial charge is 0.478 e. The Hall–Kier alpha value is -1.03. The summed E-state index contributed by atoms with van der Waals surface area (Å²) in [5.41, 5.74) is 0.999. The first-order chi connectivity index (χ1) is 5.24. The van der Waals surface area contributed by atoms with Gasteiger partial charge in [-0.3, -0.25) is 0 Å². The Balaban J connectivity index is 3.01. The predicted molar refractivity (Wildman–Crippen MR) is 46.0 cm³/mol. The smallest absolute Gasteiger partial charge is 0.335 e. The molecule has 0 spiro atoms. The third-order valence-electron chi connectivity index (χ3n) is 1.22. The molecule has 1 rings (SSSR count). The Bertz CT molecular complexity index is 275. The van der Waals surface area contributed by atoms with Crippen molar-refractivity contribution in [2.45, 2.75) is 0 Å². The molecule has 0 saturated heterocycles. The van der Waals surface area contributed by atoms with Crippen LogP contribution in [0.3, 0.4) is 0 Å². The van der Waals surface area contributed by atoms with E-state index in [1.165, 1.54) is 12.1 Å². The van der Waals surface area contributed by atoms with Crippen molar-refractivity contribution in [3.8, 4) is 0 Å². The summed E-state index contributed by atoms with van der Waals surface area (Å²) in [4.78, 5) is 10.4.